The van der Waals surface area contributed by atoms with Gasteiger partial charge in [-0.25, -0.2) is 9.59 Å². The van der Waals surface area contributed by atoms with Crippen molar-refractivity contribution >= 4 is 18.1 Å². The summed E-state index contributed by atoms with van der Waals surface area (Å²) in [5.41, 5.74) is 1.09. The van der Waals surface area contributed by atoms with E-state index in [1.807, 2.05) is 0 Å². The monoisotopic (exact) mass is 414 g/mol. The van der Waals surface area contributed by atoms with Gasteiger partial charge in [0.1, 0.15) is 24.1 Å². The molecule has 2 aliphatic heterocycles. The molecular formula is C23H26O7. The first-order valence-corrected chi connectivity index (χ1v) is 10.4. The zero-order chi connectivity index (χ0) is 21.4. The van der Waals surface area contributed by atoms with Crippen LogP contribution in [0.3, 0.4) is 0 Å². The van der Waals surface area contributed by atoms with E-state index in [1.165, 1.54) is 0 Å². The second-order valence-corrected chi connectivity index (χ2v) is 8.57. The zero-order valence-electron chi connectivity index (χ0n) is 17.2. The third-order valence-electron chi connectivity index (χ3n) is 6.25. The fourth-order valence-electron chi connectivity index (χ4n) is 4.80. The summed E-state index contributed by atoms with van der Waals surface area (Å²) in [6.07, 6.45) is 1.19. The molecule has 160 valence electrons. The Morgan fingerprint density at radius 2 is 1.87 bits per heavy atom. The number of carbonyl (C=O) groups is 3. The van der Waals surface area contributed by atoms with Crippen LogP contribution in [0.1, 0.15) is 51.2 Å². The standard InChI is InChI=1S/C23H26O7/c1-12(2)21(24)27-13(3)15-4-6-18(7-5-15)28-23(26)30-20-16-8-14-9-17(11-16)22(25)29-19(20)10-14/h4-7,13-14,16-17,19-20H,1,8-11H2,2-3H3. The molecule has 2 aliphatic carbocycles. The minimum atomic E-state index is -0.807. The molecule has 7 heteroatoms. The SMILES string of the molecule is C=C(C)C(=O)OC(C)c1ccc(OC(=O)OC2C3CC4CC(C3)C(=O)OC2C4)cc1. The number of fused-ring (bicyclic) bond motifs is 1. The Morgan fingerprint density at radius 1 is 1.13 bits per heavy atom. The van der Waals surface area contributed by atoms with E-state index in [1.54, 1.807) is 38.1 Å². The highest BCUT2D eigenvalue weighted by Crippen LogP contribution is 2.48. The van der Waals surface area contributed by atoms with Gasteiger partial charge in [-0.2, -0.15) is 0 Å². The van der Waals surface area contributed by atoms with Crippen molar-refractivity contribution < 1.29 is 33.3 Å². The molecule has 2 heterocycles. The number of carbonyl (C=O) groups excluding carboxylic acids is 3. The Kier molecular flexibility index (Phi) is 5.54. The summed E-state index contributed by atoms with van der Waals surface area (Å²) in [6.45, 7) is 6.90. The van der Waals surface area contributed by atoms with Crippen LogP contribution in [0.5, 0.6) is 5.75 Å². The highest BCUT2D eigenvalue weighted by molar-refractivity contribution is 5.87. The number of esters is 2. The maximum absolute atomic E-state index is 12.4. The van der Waals surface area contributed by atoms with Gasteiger partial charge in [0.05, 0.1) is 5.92 Å². The first-order chi connectivity index (χ1) is 14.3. The van der Waals surface area contributed by atoms with Gasteiger partial charge in [0.25, 0.3) is 0 Å². The lowest BCUT2D eigenvalue weighted by Gasteiger charge is -2.40. The Hall–Kier alpha value is -2.83. The number of hydrogen-bond donors (Lipinski definition) is 0. The highest BCUT2D eigenvalue weighted by Gasteiger charge is 2.51. The van der Waals surface area contributed by atoms with Crippen LogP contribution in [0.25, 0.3) is 0 Å². The van der Waals surface area contributed by atoms with E-state index in [2.05, 4.69) is 6.58 Å². The lowest BCUT2D eigenvalue weighted by molar-refractivity contribution is -0.157. The molecule has 0 aromatic heterocycles. The van der Waals surface area contributed by atoms with Gasteiger partial charge in [-0.05, 0) is 63.1 Å². The zero-order valence-corrected chi connectivity index (χ0v) is 17.2. The van der Waals surface area contributed by atoms with Crippen molar-refractivity contribution in [2.75, 3.05) is 0 Å². The predicted molar refractivity (Wildman–Crippen MR) is 105 cm³/mol. The van der Waals surface area contributed by atoms with Crippen molar-refractivity contribution in [1.29, 1.82) is 0 Å². The Balaban J connectivity index is 1.35. The lowest BCUT2D eigenvalue weighted by Crippen LogP contribution is -2.45. The van der Waals surface area contributed by atoms with E-state index in [0.29, 0.717) is 23.7 Å². The molecule has 0 amide bonds. The average molecular weight is 414 g/mol. The molecule has 0 N–H and O–H groups in total. The van der Waals surface area contributed by atoms with E-state index in [4.69, 9.17) is 18.9 Å². The summed E-state index contributed by atoms with van der Waals surface area (Å²) in [4.78, 5) is 36.2. The molecule has 0 radical (unpaired) electrons. The van der Waals surface area contributed by atoms with Crippen molar-refractivity contribution in [2.45, 2.75) is 57.8 Å². The Bertz CT molecular complexity index is 859. The van der Waals surface area contributed by atoms with Gasteiger partial charge < -0.3 is 18.9 Å². The minimum Gasteiger partial charge on any atom is -0.458 e. The molecule has 1 aromatic rings. The third-order valence-corrected chi connectivity index (χ3v) is 6.25. The summed E-state index contributed by atoms with van der Waals surface area (Å²) in [5, 5.41) is 0. The number of hydrogen-bond acceptors (Lipinski definition) is 7. The van der Waals surface area contributed by atoms with E-state index >= 15 is 0 Å². The molecule has 4 aliphatic rings. The fraction of sp³-hybridized carbons (Fsp3) is 0.522. The van der Waals surface area contributed by atoms with Crippen LogP contribution in [0.2, 0.25) is 0 Å². The van der Waals surface area contributed by atoms with E-state index in [0.717, 1.165) is 24.8 Å². The van der Waals surface area contributed by atoms with E-state index < -0.39 is 24.3 Å². The van der Waals surface area contributed by atoms with Gasteiger partial charge in [0, 0.05) is 11.5 Å². The third kappa shape index (κ3) is 4.20. The molecule has 6 atom stereocenters. The smallest absolute Gasteiger partial charge is 0.458 e. The van der Waals surface area contributed by atoms with Gasteiger partial charge in [0.15, 0.2) is 0 Å². The molecule has 2 saturated heterocycles. The van der Waals surface area contributed by atoms with Gasteiger partial charge in [0.2, 0.25) is 0 Å². The molecule has 4 fully saturated rings. The van der Waals surface area contributed by atoms with Gasteiger partial charge in [-0.1, -0.05) is 18.7 Å². The van der Waals surface area contributed by atoms with Gasteiger partial charge in [-0.3, -0.25) is 4.79 Å². The van der Waals surface area contributed by atoms with E-state index in [9.17, 15) is 14.4 Å². The Labute approximate surface area is 175 Å². The van der Waals surface area contributed by atoms with Crippen LogP contribution in [0, 0.1) is 17.8 Å². The van der Waals surface area contributed by atoms with Crippen molar-refractivity contribution in [3.05, 3.63) is 42.0 Å². The topological polar surface area (TPSA) is 88.1 Å². The summed E-state index contributed by atoms with van der Waals surface area (Å²) in [7, 11) is 0. The van der Waals surface area contributed by atoms with Crippen LogP contribution in [0.4, 0.5) is 4.79 Å². The Morgan fingerprint density at radius 3 is 2.57 bits per heavy atom. The molecular weight excluding hydrogens is 388 g/mol. The van der Waals surface area contributed by atoms with Crippen LogP contribution in [-0.4, -0.2) is 30.3 Å². The van der Waals surface area contributed by atoms with Crippen LogP contribution in [-0.2, 0) is 23.8 Å². The fourth-order valence-corrected chi connectivity index (χ4v) is 4.80. The summed E-state index contributed by atoms with van der Waals surface area (Å²) in [6, 6.07) is 6.67. The van der Waals surface area contributed by atoms with Gasteiger partial charge >= 0.3 is 18.1 Å². The molecule has 6 unspecified atom stereocenters. The first-order valence-electron chi connectivity index (χ1n) is 10.4. The van der Waals surface area contributed by atoms with Gasteiger partial charge in [-0.15, -0.1) is 0 Å². The van der Waals surface area contributed by atoms with Crippen LogP contribution in [0.15, 0.2) is 36.4 Å². The predicted octanol–water partition coefficient (Wildman–Crippen LogP) is 4.11. The molecule has 30 heavy (non-hydrogen) atoms. The van der Waals surface area contributed by atoms with Crippen molar-refractivity contribution in [1.82, 2.24) is 0 Å². The molecule has 7 nitrogen and oxygen atoms in total. The summed E-state index contributed by atoms with van der Waals surface area (Å²) < 4.78 is 21.8. The van der Waals surface area contributed by atoms with Crippen LogP contribution >= 0.6 is 0 Å². The van der Waals surface area contributed by atoms with Crippen molar-refractivity contribution in [2.24, 2.45) is 17.8 Å². The molecule has 1 aromatic carbocycles. The number of benzene rings is 1. The molecule has 5 rings (SSSR count). The van der Waals surface area contributed by atoms with Crippen LogP contribution < -0.4 is 4.74 Å². The largest absolute Gasteiger partial charge is 0.514 e. The normalized spacial score (nSPS) is 30.1. The average Bonchev–Trinajstić information content (AvgIpc) is 2.86. The second kappa shape index (κ2) is 8.13. The number of ether oxygens (including phenoxy) is 4. The molecule has 0 spiro atoms. The van der Waals surface area contributed by atoms with Crippen molar-refractivity contribution in [3.8, 4) is 5.75 Å². The summed E-state index contributed by atoms with van der Waals surface area (Å²) >= 11 is 0. The maximum Gasteiger partial charge on any atom is 0.514 e. The molecule has 4 bridgehead atoms. The highest BCUT2D eigenvalue weighted by atomic mass is 16.7. The summed E-state index contributed by atoms with van der Waals surface area (Å²) in [5.74, 6) is 0.229. The minimum absolute atomic E-state index is 0.0723. The molecule has 2 saturated carbocycles. The lowest BCUT2D eigenvalue weighted by atomic mass is 9.67. The van der Waals surface area contributed by atoms with E-state index in [-0.39, 0.29) is 23.9 Å². The quantitative estimate of drug-likeness (QED) is 0.310. The van der Waals surface area contributed by atoms with Crippen molar-refractivity contribution in [3.63, 3.8) is 0 Å². The maximum atomic E-state index is 12.4. The first kappa shape index (κ1) is 20.4. The number of rotatable bonds is 5. The second-order valence-electron chi connectivity index (χ2n) is 8.57.